The molecule has 2 heterocycles. The highest BCUT2D eigenvalue weighted by Gasteiger charge is 2.25. The highest BCUT2D eigenvalue weighted by Crippen LogP contribution is 2.30. The minimum atomic E-state index is 0.233. The molecule has 1 aromatic carbocycles. The number of ether oxygens (including phenoxy) is 4. The summed E-state index contributed by atoms with van der Waals surface area (Å²) < 4.78 is 21.7. The van der Waals surface area contributed by atoms with Crippen LogP contribution in [0.1, 0.15) is 5.56 Å². The molecule has 0 radical (unpaired) electrons. The molecule has 96 valence electrons. The molecule has 0 N–H and O–H groups in total. The van der Waals surface area contributed by atoms with Crippen LogP contribution in [0.25, 0.3) is 6.08 Å². The summed E-state index contributed by atoms with van der Waals surface area (Å²) in [4.78, 5) is 0. The quantitative estimate of drug-likeness (QED) is 0.691. The summed E-state index contributed by atoms with van der Waals surface area (Å²) >= 11 is 0. The van der Waals surface area contributed by atoms with Crippen molar-refractivity contribution in [3.8, 4) is 11.5 Å². The summed E-state index contributed by atoms with van der Waals surface area (Å²) in [5.41, 5.74) is 1.01. The zero-order valence-corrected chi connectivity index (χ0v) is 10.1. The SMILES string of the molecule is C=Cc1ccc(OCC2CO2)c(OCC2CO2)c1. The van der Waals surface area contributed by atoms with Crippen molar-refractivity contribution in [3.05, 3.63) is 30.3 Å². The minimum Gasteiger partial charge on any atom is -0.487 e. The zero-order valence-electron chi connectivity index (χ0n) is 10.1. The van der Waals surface area contributed by atoms with Crippen molar-refractivity contribution in [2.45, 2.75) is 12.2 Å². The predicted molar refractivity (Wildman–Crippen MR) is 67.0 cm³/mol. The van der Waals surface area contributed by atoms with Gasteiger partial charge >= 0.3 is 0 Å². The van der Waals surface area contributed by atoms with Gasteiger partial charge in [-0.1, -0.05) is 18.7 Å². The molecule has 2 saturated heterocycles. The van der Waals surface area contributed by atoms with Crippen molar-refractivity contribution < 1.29 is 18.9 Å². The van der Waals surface area contributed by atoms with Crippen molar-refractivity contribution in [1.82, 2.24) is 0 Å². The van der Waals surface area contributed by atoms with E-state index < -0.39 is 0 Å². The Labute approximate surface area is 106 Å². The zero-order chi connectivity index (χ0) is 12.4. The summed E-state index contributed by atoms with van der Waals surface area (Å²) in [7, 11) is 0. The molecule has 4 nitrogen and oxygen atoms in total. The van der Waals surface area contributed by atoms with Gasteiger partial charge in [-0.05, 0) is 17.7 Å². The van der Waals surface area contributed by atoms with Crippen molar-refractivity contribution >= 4 is 6.08 Å². The Hall–Kier alpha value is -1.52. The number of hydrogen-bond donors (Lipinski definition) is 0. The lowest BCUT2D eigenvalue weighted by Crippen LogP contribution is -2.08. The third-order valence-electron chi connectivity index (χ3n) is 2.86. The van der Waals surface area contributed by atoms with Gasteiger partial charge in [-0.15, -0.1) is 0 Å². The van der Waals surface area contributed by atoms with E-state index in [-0.39, 0.29) is 12.2 Å². The first-order valence-electron chi connectivity index (χ1n) is 6.10. The van der Waals surface area contributed by atoms with Crippen molar-refractivity contribution in [3.63, 3.8) is 0 Å². The number of rotatable bonds is 7. The maximum absolute atomic E-state index is 5.72. The maximum atomic E-state index is 5.72. The summed E-state index contributed by atoms with van der Waals surface area (Å²) in [6.07, 6.45) is 2.26. The van der Waals surface area contributed by atoms with Gasteiger partial charge in [-0.25, -0.2) is 0 Å². The van der Waals surface area contributed by atoms with Gasteiger partial charge in [0.25, 0.3) is 0 Å². The van der Waals surface area contributed by atoms with Crippen LogP contribution in [0.5, 0.6) is 11.5 Å². The molecule has 1 aromatic rings. The average Bonchev–Trinajstić information content (AvgIpc) is 3.28. The molecule has 2 atom stereocenters. The summed E-state index contributed by atoms with van der Waals surface area (Å²) in [5, 5.41) is 0. The monoisotopic (exact) mass is 248 g/mol. The van der Waals surface area contributed by atoms with Crippen LogP contribution >= 0.6 is 0 Å². The van der Waals surface area contributed by atoms with E-state index in [1.165, 1.54) is 0 Å². The fraction of sp³-hybridized carbons (Fsp3) is 0.429. The van der Waals surface area contributed by atoms with E-state index in [2.05, 4.69) is 6.58 Å². The molecule has 0 saturated carbocycles. The molecule has 18 heavy (non-hydrogen) atoms. The minimum absolute atomic E-state index is 0.233. The van der Waals surface area contributed by atoms with E-state index >= 15 is 0 Å². The van der Waals surface area contributed by atoms with Crippen molar-refractivity contribution in [2.24, 2.45) is 0 Å². The van der Waals surface area contributed by atoms with Gasteiger partial charge in [0.05, 0.1) is 13.2 Å². The third kappa shape index (κ3) is 3.03. The lowest BCUT2D eigenvalue weighted by molar-refractivity contribution is 0.228. The summed E-state index contributed by atoms with van der Waals surface area (Å²) in [6.45, 7) is 6.47. The van der Waals surface area contributed by atoms with Gasteiger partial charge in [0.15, 0.2) is 11.5 Å². The molecule has 2 unspecified atom stereocenters. The Kier molecular flexibility index (Phi) is 3.21. The molecule has 4 heteroatoms. The van der Waals surface area contributed by atoms with E-state index in [1.54, 1.807) is 6.08 Å². The van der Waals surface area contributed by atoms with E-state index in [9.17, 15) is 0 Å². The van der Waals surface area contributed by atoms with Gasteiger partial charge in [-0.3, -0.25) is 0 Å². The Balaban J connectivity index is 1.68. The first-order chi connectivity index (χ1) is 8.85. The van der Waals surface area contributed by atoms with E-state index in [1.807, 2.05) is 18.2 Å². The number of benzene rings is 1. The van der Waals surface area contributed by atoms with Crippen LogP contribution in [0.4, 0.5) is 0 Å². The van der Waals surface area contributed by atoms with Crippen LogP contribution in [0, 0.1) is 0 Å². The number of hydrogen-bond acceptors (Lipinski definition) is 4. The van der Waals surface area contributed by atoms with Gasteiger partial charge < -0.3 is 18.9 Å². The van der Waals surface area contributed by atoms with Crippen LogP contribution < -0.4 is 9.47 Å². The Morgan fingerprint density at radius 2 is 1.72 bits per heavy atom. The lowest BCUT2D eigenvalue weighted by Gasteiger charge is -2.12. The predicted octanol–water partition coefficient (Wildman–Crippen LogP) is 1.88. The maximum Gasteiger partial charge on any atom is 0.161 e. The average molecular weight is 248 g/mol. The molecular formula is C14H16O4. The Morgan fingerprint density at radius 1 is 1.11 bits per heavy atom. The van der Waals surface area contributed by atoms with Crippen molar-refractivity contribution in [2.75, 3.05) is 26.4 Å². The van der Waals surface area contributed by atoms with E-state index in [4.69, 9.17) is 18.9 Å². The largest absolute Gasteiger partial charge is 0.487 e. The Morgan fingerprint density at radius 3 is 2.28 bits per heavy atom. The molecule has 0 spiro atoms. The number of epoxide rings is 2. The second kappa shape index (κ2) is 5.00. The van der Waals surface area contributed by atoms with E-state index in [0.29, 0.717) is 13.2 Å². The lowest BCUT2D eigenvalue weighted by atomic mass is 10.2. The molecule has 0 amide bonds. The van der Waals surface area contributed by atoms with Crippen LogP contribution in [-0.2, 0) is 9.47 Å². The van der Waals surface area contributed by atoms with Gasteiger partial charge in [0.1, 0.15) is 25.4 Å². The molecular weight excluding hydrogens is 232 g/mol. The molecule has 2 aliphatic heterocycles. The highest BCUT2D eigenvalue weighted by atomic mass is 16.6. The van der Waals surface area contributed by atoms with E-state index in [0.717, 1.165) is 30.3 Å². The Bertz CT molecular complexity index is 435. The standard InChI is InChI=1S/C14H16O4/c1-2-10-3-4-13(17-8-11-6-15-11)14(5-10)18-9-12-7-16-12/h2-5,11-12H,1,6-9H2. The van der Waals surface area contributed by atoms with Crippen LogP contribution in [0.3, 0.4) is 0 Å². The first kappa shape index (κ1) is 11.6. The molecule has 0 bridgehead atoms. The topological polar surface area (TPSA) is 43.5 Å². The molecule has 0 aromatic heterocycles. The molecule has 2 fully saturated rings. The van der Waals surface area contributed by atoms with Gasteiger partial charge in [0, 0.05) is 0 Å². The summed E-state index contributed by atoms with van der Waals surface area (Å²) in [6, 6.07) is 5.79. The van der Waals surface area contributed by atoms with Crippen LogP contribution in [-0.4, -0.2) is 38.6 Å². The smallest absolute Gasteiger partial charge is 0.161 e. The second-order valence-corrected chi connectivity index (χ2v) is 4.44. The second-order valence-electron chi connectivity index (χ2n) is 4.44. The highest BCUT2D eigenvalue weighted by molar-refractivity contribution is 5.54. The summed E-state index contributed by atoms with van der Waals surface area (Å²) in [5.74, 6) is 1.49. The molecule has 2 aliphatic rings. The first-order valence-corrected chi connectivity index (χ1v) is 6.10. The fourth-order valence-electron chi connectivity index (χ4n) is 1.58. The third-order valence-corrected chi connectivity index (χ3v) is 2.86. The van der Waals surface area contributed by atoms with Crippen LogP contribution in [0.15, 0.2) is 24.8 Å². The van der Waals surface area contributed by atoms with Gasteiger partial charge in [-0.2, -0.15) is 0 Å². The molecule has 0 aliphatic carbocycles. The normalized spacial score (nSPS) is 24.4. The van der Waals surface area contributed by atoms with Crippen LogP contribution in [0.2, 0.25) is 0 Å². The fourth-order valence-corrected chi connectivity index (χ4v) is 1.58. The van der Waals surface area contributed by atoms with Crippen molar-refractivity contribution in [1.29, 1.82) is 0 Å². The van der Waals surface area contributed by atoms with Gasteiger partial charge in [0.2, 0.25) is 0 Å². The molecule has 3 rings (SSSR count).